The number of rotatable bonds is 6. The Morgan fingerprint density at radius 2 is 1.58 bits per heavy atom. The SMILES string of the molecule is O=S(=O)(NCc1ccc(C=Nc2ccccc2)o1)c1ccccc1. The maximum Gasteiger partial charge on any atom is 0.240 e. The van der Waals surface area contributed by atoms with Crippen LogP contribution in [0.2, 0.25) is 0 Å². The number of furan rings is 1. The van der Waals surface area contributed by atoms with Crippen LogP contribution in [0.4, 0.5) is 5.69 Å². The highest BCUT2D eigenvalue weighted by atomic mass is 32.2. The molecule has 0 aliphatic rings. The van der Waals surface area contributed by atoms with Crippen molar-refractivity contribution in [2.45, 2.75) is 11.4 Å². The van der Waals surface area contributed by atoms with E-state index in [-0.39, 0.29) is 11.4 Å². The van der Waals surface area contributed by atoms with E-state index in [1.807, 2.05) is 30.3 Å². The van der Waals surface area contributed by atoms with Crippen molar-refractivity contribution < 1.29 is 12.8 Å². The van der Waals surface area contributed by atoms with Crippen molar-refractivity contribution >= 4 is 21.9 Å². The first-order valence-electron chi connectivity index (χ1n) is 7.36. The van der Waals surface area contributed by atoms with Gasteiger partial charge in [-0.15, -0.1) is 0 Å². The summed E-state index contributed by atoms with van der Waals surface area (Å²) in [6, 6.07) is 21.2. The molecule has 1 N–H and O–H groups in total. The van der Waals surface area contributed by atoms with E-state index in [1.54, 1.807) is 48.7 Å². The van der Waals surface area contributed by atoms with E-state index in [2.05, 4.69) is 9.71 Å². The van der Waals surface area contributed by atoms with E-state index >= 15 is 0 Å². The average molecular weight is 340 g/mol. The zero-order valence-electron chi connectivity index (χ0n) is 12.8. The smallest absolute Gasteiger partial charge is 0.240 e. The Labute approximate surface area is 140 Å². The van der Waals surface area contributed by atoms with E-state index in [4.69, 9.17) is 4.42 Å². The predicted octanol–water partition coefficient (Wildman–Crippen LogP) is 3.51. The lowest BCUT2D eigenvalue weighted by molar-refractivity contribution is 0.494. The summed E-state index contributed by atoms with van der Waals surface area (Å²) in [6.45, 7) is 0.0798. The predicted molar refractivity (Wildman–Crippen MR) is 92.9 cm³/mol. The fraction of sp³-hybridized carbons (Fsp3) is 0.0556. The summed E-state index contributed by atoms with van der Waals surface area (Å²) in [4.78, 5) is 4.51. The molecule has 3 aromatic rings. The summed E-state index contributed by atoms with van der Waals surface area (Å²) in [5, 5.41) is 0. The molecule has 0 fully saturated rings. The fourth-order valence-corrected chi connectivity index (χ4v) is 3.07. The van der Waals surface area contributed by atoms with E-state index in [0.717, 1.165) is 5.69 Å². The van der Waals surface area contributed by atoms with Gasteiger partial charge in [0.05, 0.1) is 23.3 Å². The first-order chi connectivity index (χ1) is 11.6. The molecule has 122 valence electrons. The molecule has 24 heavy (non-hydrogen) atoms. The standard InChI is InChI=1S/C18H16N2O3S/c21-24(22,18-9-5-2-6-10-18)20-14-17-12-11-16(23-17)13-19-15-7-3-1-4-8-15/h1-13,20H,14H2. The van der Waals surface area contributed by atoms with Gasteiger partial charge in [0.25, 0.3) is 0 Å². The molecule has 2 aromatic carbocycles. The van der Waals surface area contributed by atoms with Crippen LogP contribution in [0.15, 0.2) is 87.1 Å². The third-order valence-corrected chi connectivity index (χ3v) is 4.69. The quantitative estimate of drug-likeness (QED) is 0.698. The Hall–Kier alpha value is -2.70. The van der Waals surface area contributed by atoms with Crippen molar-refractivity contribution in [2.24, 2.45) is 4.99 Å². The van der Waals surface area contributed by atoms with Gasteiger partial charge >= 0.3 is 0 Å². The second-order valence-corrected chi connectivity index (χ2v) is 6.80. The van der Waals surface area contributed by atoms with Crippen LogP contribution in [0.1, 0.15) is 11.5 Å². The molecule has 0 saturated carbocycles. The van der Waals surface area contributed by atoms with Crippen LogP contribution in [-0.2, 0) is 16.6 Å². The van der Waals surface area contributed by atoms with Gasteiger partial charge in [-0.3, -0.25) is 4.99 Å². The second-order valence-electron chi connectivity index (χ2n) is 5.04. The van der Waals surface area contributed by atoms with E-state index < -0.39 is 10.0 Å². The minimum absolute atomic E-state index is 0.0798. The van der Waals surface area contributed by atoms with Crippen molar-refractivity contribution in [1.29, 1.82) is 0 Å². The Kier molecular flexibility index (Phi) is 4.88. The van der Waals surface area contributed by atoms with Gasteiger partial charge in [0.15, 0.2) is 0 Å². The Morgan fingerprint density at radius 1 is 0.917 bits per heavy atom. The number of nitrogens with zero attached hydrogens (tertiary/aromatic N) is 1. The van der Waals surface area contributed by atoms with Gasteiger partial charge in [0, 0.05) is 0 Å². The van der Waals surface area contributed by atoms with Crippen molar-refractivity contribution in [3.8, 4) is 0 Å². The maximum absolute atomic E-state index is 12.1. The normalized spacial score (nSPS) is 11.8. The summed E-state index contributed by atoms with van der Waals surface area (Å²) in [6.07, 6.45) is 1.60. The van der Waals surface area contributed by atoms with Crippen molar-refractivity contribution in [3.05, 3.63) is 84.3 Å². The van der Waals surface area contributed by atoms with Crippen LogP contribution < -0.4 is 4.72 Å². The molecule has 5 nitrogen and oxygen atoms in total. The molecule has 1 heterocycles. The van der Waals surface area contributed by atoms with Gasteiger partial charge in [0.1, 0.15) is 11.5 Å². The van der Waals surface area contributed by atoms with Crippen LogP contribution in [-0.4, -0.2) is 14.6 Å². The lowest BCUT2D eigenvalue weighted by Crippen LogP contribution is -2.22. The zero-order chi connectivity index (χ0) is 16.8. The molecule has 6 heteroatoms. The monoisotopic (exact) mass is 340 g/mol. The number of aliphatic imine (C=N–C) groups is 1. The van der Waals surface area contributed by atoms with Crippen LogP contribution in [0.25, 0.3) is 0 Å². The molecule has 0 atom stereocenters. The second kappa shape index (κ2) is 7.25. The van der Waals surface area contributed by atoms with Gasteiger partial charge < -0.3 is 4.42 Å². The molecule has 0 aliphatic carbocycles. The third-order valence-electron chi connectivity index (χ3n) is 3.27. The summed E-state index contributed by atoms with van der Waals surface area (Å²) in [5.74, 6) is 1.08. The lowest BCUT2D eigenvalue weighted by atomic mass is 10.3. The minimum atomic E-state index is -3.55. The number of para-hydroxylation sites is 1. The molecular formula is C18H16N2O3S. The van der Waals surface area contributed by atoms with Gasteiger partial charge in [-0.05, 0) is 36.4 Å². The lowest BCUT2D eigenvalue weighted by Gasteiger charge is -2.04. The highest BCUT2D eigenvalue weighted by molar-refractivity contribution is 7.89. The molecular weight excluding hydrogens is 324 g/mol. The number of nitrogens with one attached hydrogen (secondary N) is 1. The van der Waals surface area contributed by atoms with E-state index in [1.165, 1.54) is 0 Å². The topological polar surface area (TPSA) is 71.7 Å². The molecule has 3 rings (SSSR count). The first kappa shape index (κ1) is 16.2. The number of sulfonamides is 1. The van der Waals surface area contributed by atoms with E-state index in [0.29, 0.717) is 11.5 Å². The number of hydrogen-bond acceptors (Lipinski definition) is 4. The first-order valence-corrected chi connectivity index (χ1v) is 8.84. The Bertz CT molecular complexity index is 917. The van der Waals surface area contributed by atoms with Crippen molar-refractivity contribution in [2.75, 3.05) is 0 Å². The zero-order valence-corrected chi connectivity index (χ0v) is 13.6. The minimum Gasteiger partial charge on any atom is -0.459 e. The van der Waals surface area contributed by atoms with Gasteiger partial charge in [-0.25, -0.2) is 13.1 Å². The van der Waals surface area contributed by atoms with Crippen LogP contribution in [0.5, 0.6) is 0 Å². The fourth-order valence-electron chi connectivity index (χ4n) is 2.06. The van der Waals surface area contributed by atoms with Crippen LogP contribution in [0, 0.1) is 0 Å². The molecule has 0 saturated heterocycles. The number of hydrogen-bond donors (Lipinski definition) is 1. The van der Waals surface area contributed by atoms with Crippen molar-refractivity contribution in [3.63, 3.8) is 0 Å². The summed E-state index contributed by atoms with van der Waals surface area (Å²) in [7, 11) is -3.55. The van der Waals surface area contributed by atoms with E-state index in [9.17, 15) is 8.42 Å². The van der Waals surface area contributed by atoms with Gasteiger partial charge in [-0.2, -0.15) is 0 Å². The van der Waals surface area contributed by atoms with Gasteiger partial charge in [0.2, 0.25) is 10.0 Å². The van der Waals surface area contributed by atoms with Crippen molar-refractivity contribution in [1.82, 2.24) is 4.72 Å². The largest absolute Gasteiger partial charge is 0.459 e. The molecule has 0 aliphatic heterocycles. The maximum atomic E-state index is 12.1. The highest BCUT2D eigenvalue weighted by Gasteiger charge is 2.13. The summed E-state index contributed by atoms with van der Waals surface area (Å²) < 4.78 is 32.4. The highest BCUT2D eigenvalue weighted by Crippen LogP contribution is 2.13. The Morgan fingerprint density at radius 3 is 2.29 bits per heavy atom. The van der Waals surface area contributed by atoms with Gasteiger partial charge in [-0.1, -0.05) is 36.4 Å². The molecule has 1 aromatic heterocycles. The molecule has 0 radical (unpaired) electrons. The average Bonchev–Trinajstić information content (AvgIpc) is 3.08. The molecule has 0 amide bonds. The third kappa shape index (κ3) is 4.18. The Balaban J connectivity index is 1.63. The number of benzene rings is 2. The molecule has 0 unspecified atom stereocenters. The molecule has 0 bridgehead atoms. The molecule has 0 spiro atoms. The van der Waals surface area contributed by atoms with Crippen LogP contribution >= 0.6 is 0 Å². The summed E-state index contributed by atoms with van der Waals surface area (Å²) in [5.41, 5.74) is 0.820. The van der Waals surface area contributed by atoms with Crippen LogP contribution in [0.3, 0.4) is 0 Å². The summed E-state index contributed by atoms with van der Waals surface area (Å²) >= 11 is 0.